The number of nitrogens with zero attached hydrogens (tertiary/aromatic N) is 3. The lowest BCUT2D eigenvalue weighted by molar-refractivity contribution is 0.835. The quantitative estimate of drug-likeness (QED) is 0.757. The number of fused-ring (bicyclic) bond motifs is 2. The minimum atomic E-state index is 0.262. The molecular weight excluding hydrogens is 262 g/mol. The lowest BCUT2D eigenvalue weighted by Crippen LogP contribution is -2.10. The Kier molecular flexibility index (Phi) is 2.60. The number of hydrogen-bond acceptors (Lipinski definition) is 4. The highest BCUT2D eigenvalue weighted by Gasteiger charge is 2.26. The lowest BCUT2D eigenvalue weighted by Gasteiger charge is -2.09. The maximum Gasteiger partial charge on any atom is 0.179 e. The molecular formula is C16H17N5. The van der Waals surface area contributed by atoms with Gasteiger partial charge >= 0.3 is 0 Å². The molecule has 3 aromatic rings. The van der Waals surface area contributed by atoms with Gasteiger partial charge in [0.05, 0.1) is 11.4 Å². The highest BCUT2D eigenvalue weighted by molar-refractivity contribution is 5.74. The SMILES string of the molecule is CN(C)c1ccc2[nH]c(C3CNc4ccccc43)nc2n1. The molecule has 0 radical (unpaired) electrons. The molecule has 0 fully saturated rings. The van der Waals surface area contributed by atoms with E-state index in [9.17, 15) is 0 Å². The topological polar surface area (TPSA) is 56.8 Å². The van der Waals surface area contributed by atoms with E-state index < -0.39 is 0 Å². The van der Waals surface area contributed by atoms with Gasteiger partial charge in [-0.3, -0.25) is 0 Å². The Morgan fingerprint density at radius 2 is 1.95 bits per heavy atom. The van der Waals surface area contributed by atoms with Crippen LogP contribution in [0.25, 0.3) is 11.2 Å². The summed E-state index contributed by atoms with van der Waals surface area (Å²) in [7, 11) is 3.97. The van der Waals surface area contributed by atoms with Crippen molar-refractivity contribution in [2.24, 2.45) is 0 Å². The average Bonchev–Trinajstić information content (AvgIpc) is 3.09. The number of aromatic amines is 1. The van der Waals surface area contributed by atoms with Gasteiger partial charge in [-0.2, -0.15) is 0 Å². The standard InChI is InChI=1S/C16H17N5/c1-21(2)14-8-7-13-16(19-14)20-15(18-13)11-9-17-12-6-4-3-5-10(11)12/h3-8,11,17H,9H2,1-2H3,(H,18,19,20). The third-order valence-electron chi connectivity index (χ3n) is 3.97. The molecule has 0 amide bonds. The zero-order chi connectivity index (χ0) is 14.4. The number of anilines is 2. The Balaban J connectivity index is 1.78. The van der Waals surface area contributed by atoms with Crippen LogP contribution < -0.4 is 10.2 Å². The third kappa shape index (κ3) is 1.93. The van der Waals surface area contributed by atoms with Crippen LogP contribution in [0.4, 0.5) is 11.5 Å². The van der Waals surface area contributed by atoms with Crippen molar-refractivity contribution in [1.29, 1.82) is 0 Å². The first-order chi connectivity index (χ1) is 10.2. The molecule has 1 unspecified atom stereocenters. The summed E-state index contributed by atoms with van der Waals surface area (Å²) in [5.74, 6) is 2.16. The summed E-state index contributed by atoms with van der Waals surface area (Å²) < 4.78 is 0. The van der Waals surface area contributed by atoms with E-state index >= 15 is 0 Å². The van der Waals surface area contributed by atoms with Crippen molar-refractivity contribution in [2.45, 2.75) is 5.92 Å². The summed E-state index contributed by atoms with van der Waals surface area (Å²) in [6, 6.07) is 12.4. The van der Waals surface area contributed by atoms with Gasteiger partial charge in [0.1, 0.15) is 11.6 Å². The maximum absolute atomic E-state index is 4.70. The van der Waals surface area contributed by atoms with Crippen LogP contribution in [0.3, 0.4) is 0 Å². The first-order valence-electron chi connectivity index (χ1n) is 7.09. The molecule has 0 saturated carbocycles. The summed E-state index contributed by atoms with van der Waals surface area (Å²) in [5.41, 5.74) is 4.26. The van der Waals surface area contributed by atoms with Crippen molar-refractivity contribution >= 4 is 22.7 Å². The van der Waals surface area contributed by atoms with E-state index in [-0.39, 0.29) is 5.92 Å². The minimum absolute atomic E-state index is 0.262. The number of pyridine rings is 1. The molecule has 2 N–H and O–H groups in total. The number of imidazole rings is 1. The zero-order valence-electron chi connectivity index (χ0n) is 12.1. The van der Waals surface area contributed by atoms with E-state index in [1.165, 1.54) is 11.3 Å². The summed E-state index contributed by atoms with van der Waals surface area (Å²) in [6.07, 6.45) is 0. The first-order valence-corrected chi connectivity index (χ1v) is 7.09. The third-order valence-corrected chi connectivity index (χ3v) is 3.97. The number of benzene rings is 1. The van der Waals surface area contributed by atoms with Gasteiger partial charge in [-0.25, -0.2) is 9.97 Å². The normalized spacial score (nSPS) is 16.8. The van der Waals surface area contributed by atoms with Crippen LogP contribution in [0.15, 0.2) is 36.4 Å². The van der Waals surface area contributed by atoms with Gasteiger partial charge in [0.15, 0.2) is 5.65 Å². The Bertz CT molecular complexity index is 805. The average molecular weight is 279 g/mol. The molecule has 21 heavy (non-hydrogen) atoms. The molecule has 5 heteroatoms. The van der Waals surface area contributed by atoms with Crippen molar-refractivity contribution in [1.82, 2.24) is 15.0 Å². The second kappa shape index (κ2) is 4.48. The van der Waals surface area contributed by atoms with E-state index in [1.807, 2.05) is 31.1 Å². The molecule has 0 saturated heterocycles. The van der Waals surface area contributed by atoms with Crippen LogP contribution in [0.5, 0.6) is 0 Å². The number of H-pyrrole nitrogens is 1. The van der Waals surface area contributed by atoms with Crippen LogP contribution in [0, 0.1) is 0 Å². The molecule has 5 nitrogen and oxygen atoms in total. The van der Waals surface area contributed by atoms with Gasteiger partial charge in [0.2, 0.25) is 0 Å². The Morgan fingerprint density at radius 3 is 2.81 bits per heavy atom. The molecule has 106 valence electrons. The molecule has 1 atom stereocenters. The fourth-order valence-corrected chi connectivity index (χ4v) is 2.84. The number of hydrogen-bond donors (Lipinski definition) is 2. The second-order valence-corrected chi connectivity index (χ2v) is 5.58. The monoisotopic (exact) mass is 279 g/mol. The highest BCUT2D eigenvalue weighted by Crippen LogP contribution is 2.35. The molecule has 1 aromatic carbocycles. The molecule has 2 aromatic heterocycles. The van der Waals surface area contributed by atoms with Crippen LogP contribution in [-0.4, -0.2) is 35.6 Å². The molecule has 0 bridgehead atoms. The van der Waals surface area contributed by atoms with E-state index in [0.29, 0.717) is 0 Å². The Morgan fingerprint density at radius 1 is 1.10 bits per heavy atom. The van der Waals surface area contributed by atoms with Gasteiger partial charge in [-0.05, 0) is 23.8 Å². The fraction of sp³-hybridized carbons (Fsp3) is 0.250. The van der Waals surface area contributed by atoms with E-state index in [4.69, 9.17) is 4.98 Å². The molecule has 4 rings (SSSR count). The van der Waals surface area contributed by atoms with Gasteiger partial charge in [-0.15, -0.1) is 0 Å². The number of aromatic nitrogens is 3. The lowest BCUT2D eigenvalue weighted by atomic mass is 10.0. The Hall–Kier alpha value is -2.56. The molecule has 1 aliphatic rings. The maximum atomic E-state index is 4.70. The van der Waals surface area contributed by atoms with Gasteiger partial charge < -0.3 is 15.2 Å². The van der Waals surface area contributed by atoms with E-state index in [2.05, 4.69) is 39.6 Å². The molecule has 0 spiro atoms. The number of rotatable bonds is 2. The minimum Gasteiger partial charge on any atom is -0.384 e. The summed E-state index contributed by atoms with van der Waals surface area (Å²) in [6.45, 7) is 0.875. The zero-order valence-corrected chi connectivity index (χ0v) is 12.1. The van der Waals surface area contributed by atoms with Crippen LogP contribution >= 0.6 is 0 Å². The Labute approximate surface area is 123 Å². The first kappa shape index (κ1) is 12.2. The van der Waals surface area contributed by atoms with Crippen molar-refractivity contribution in [3.8, 4) is 0 Å². The van der Waals surface area contributed by atoms with Crippen molar-refractivity contribution in [2.75, 3.05) is 30.9 Å². The molecule has 1 aliphatic heterocycles. The smallest absolute Gasteiger partial charge is 0.179 e. The van der Waals surface area contributed by atoms with E-state index in [1.54, 1.807) is 0 Å². The number of para-hydroxylation sites is 1. The van der Waals surface area contributed by atoms with Crippen LogP contribution in [-0.2, 0) is 0 Å². The van der Waals surface area contributed by atoms with Gasteiger partial charge in [-0.1, -0.05) is 18.2 Å². The predicted molar refractivity (Wildman–Crippen MR) is 85.0 cm³/mol. The highest BCUT2D eigenvalue weighted by atomic mass is 15.2. The molecule has 0 aliphatic carbocycles. The van der Waals surface area contributed by atoms with Gasteiger partial charge in [0, 0.05) is 26.3 Å². The van der Waals surface area contributed by atoms with Crippen molar-refractivity contribution < 1.29 is 0 Å². The summed E-state index contributed by atoms with van der Waals surface area (Å²) in [5, 5.41) is 3.43. The fourth-order valence-electron chi connectivity index (χ4n) is 2.84. The summed E-state index contributed by atoms with van der Waals surface area (Å²) in [4.78, 5) is 14.7. The van der Waals surface area contributed by atoms with Crippen molar-refractivity contribution in [3.63, 3.8) is 0 Å². The van der Waals surface area contributed by atoms with E-state index in [0.717, 1.165) is 29.4 Å². The molecule has 3 heterocycles. The summed E-state index contributed by atoms with van der Waals surface area (Å²) >= 11 is 0. The number of nitrogens with one attached hydrogen (secondary N) is 2. The predicted octanol–water partition coefficient (Wildman–Crippen LogP) is 2.58. The van der Waals surface area contributed by atoms with Crippen LogP contribution in [0.2, 0.25) is 0 Å². The van der Waals surface area contributed by atoms with Gasteiger partial charge in [0.25, 0.3) is 0 Å². The largest absolute Gasteiger partial charge is 0.384 e. The van der Waals surface area contributed by atoms with Crippen LogP contribution in [0.1, 0.15) is 17.3 Å². The second-order valence-electron chi connectivity index (χ2n) is 5.58. The van der Waals surface area contributed by atoms with Crippen molar-refractivity contribution in [3.05, 3.63) is 47.8 Å².